The van der Waals surface area contributed by atoms with Crippen LogP contribution in [0.2, 0.25) is 0 Å². The number of rotatable bonds is 4. The highest BCUT2D eigenvalue weighted by atomic mass is 16.5. The van der Waals surface area contributed by atoms with Crippen molar-refractivity contribution in [1.29, 1.82) is 0 Å². The van der Waals surface area contributed by atoms with E-state index in [1.807, 2.05) is 25.5 Å². The highest BCUT2D eigenvalue weighted by Gasteiger charge is 2.20. The molecule has 2 heterocycles. The van der Waals surface area contributed by atoms with Crippen LogP contribution in [0.4, 0.5) is 0 Å². The maximum Gasteiger partial charge on any atom is 0.166 e. The minimum Gasteiger partial charge on any atom is -0.376 e. The number of ether oxygens (including phenoxy) is 1. The lowest BCUT2D eigenvalue weighted by Gasteiger charge is -2.22. The van der Waals surface area contributed by atoms with E-state index >= 15 is 0 Å². The van der Waals surface area contributed by atoms with Crippen LogP contribution in [0, 0.1) is 13.8 Å². The Labute approximate surface area is 108 Å². The van der Waals surface area contributed by atoms with Gasteiger partial charge in [0.05, 0.1) is 23.9 Å². The average molecular weight is 250 g/mol. The third-order valence-corrected chi connectivity index (χ3v) is 3.63. The van der Waals surface area contributed by atoms with Gasteiger partial charge in [0.2, 0.25) is 0 Å². The zero-order chi connectivity index (χ0) is 13.1. The maximum atomic E-state index is 11.9. The van der Waals surface area contributed by atoms with Crippen LogP contribution in [0.5, 0.6) is 0 Å². The second kappa shape index (κ2) is 5.65. The van der Waals surface area contributed by atoms with Crippen LogP contribution in [0.3, 0.4) is 0 Å². The van der Waals surface area contributed by atoms with Gasteiger partial charge in [0.1, 0.15) is 0 Å². The van der Waals surface area contributed by atoms with Crippen LogP contribution in [0.15, 0.2) is 0 Å². The maximum absolute atomic E-state index is 11.9. The molecule has 0 radical (unpaired) electrons. The summed E-state index contributed by atoms with van der Waals surface area (Å²) in [6.07, 6.45) is 4.27. The fraction of sp³-hybridized carbons (Fsp3) is 0.714. The zero-order valence-electron chi connectivity index (χ0n) is 11.5. The summed E-state index contributed by atoms with van der Waals surface area (Å²) in [5.41, 5.74) is 2.62. The van der Waals surface area contributed by atoms with E-state index in [1.54, 1.807) is 0 Å². The first-order valence-electron chi connectivity index (χ1n) is 6.82. The van der Waals surface area contributed by atoms with Gasteiger partial charge in [0.15, 0.2) is 5.78 Å². The summed E-state index contributed by atoms with van der Waals surface area (Å²) in [6, 6.07) is 0. The lowest BCUT2D eigenvalue weighted by Crippen LogP contribution is -2.25. The van der Waals surface area contributed by atoms with Gasteiger partial charge in [-0.3, -0.25) is 9.48 Å². The van der Waals surface area contributed by atoms with Gasteiger partial charge in [-0.2, -0.15) is 5.10 Å². The van der Waals surface area contributed by atoms with Gasteiger partial charge in [0, 0.05) is 18.7 Å². The molecule has 18 heavy (non-hydrogen) atoms. The minimum atomic E-state index is 0.181. The molecule has 1 atom stereocenters. The number of Topliss-reactive ketones (excluding diaryl/α,β-unsaturated/α-hetero) is 1. The Hall–Kier alpha value is -1.16. The summed E-state index contributed by atoms with van der Waals surface area (Å²) in [5, 5.41) is 4.49. The monoisotopic (exact) mass is 250 g/mol. The highest BCUT2D eigenvalue weighted by Crippen LogP contribution is 2.19. The SMILES string of the molecule is CCC(=O)c1c(C)nn(CC2CCCCO2)c1C. The predicted molar refractivity (Wildman–Crippen MR) is 69.9 cm³/mol. The standard InChI is InChI=1S/C14H22N2O2/c1-4-13(17)14-10(2)15-16(11(14)3)9-12-7-5-6-8-18-12/h12H,4-9H2,1-3H3. The van der Waals surface area contributed by atoms with Crippen molar-refractivity contribution in [1.82, 2.24) is 9.78 Å². The zero-order valence-corrected chi connectivity index (χ0v) is 11.5. The van der Waals surface area contributed by atoms with Crippen molar-refractivity contribution in [3.05, 3.63) is 17.0 Å². The highest BCUT2D eigenvalue weighted by molar-refractivity contribution is 5.97. The molecule has 4 nitrogen and oxygen atoms in total. The molecule has 0 aromatic carbocycles. The fourth-order valence-electron chi connectivity index (χ4n) is 2.60. The quantitative estimate of drug-likeness (QED) is 0.772. The lowest BCUT2D eigenvalue weighted by molar-refractivity contribution is 0.00360. The number of carbonyl (C=O) groups is 1. The summed E-state index contributed by atoms with van der Waals surface area (Å²) in [7, 11) is 0. The van der Waals surface area contributed by atoms with E-state index in [2.05, 4.69) is 5.10 Å². The number of aryl methyl sites for hydroxylation is 1. The van der Waals surface area contributed by atoms with Crippen LogP contribution >= 0.6 is 0 Å². The van der Waals surface area contributed by atoms with Crippen molar-refractivity contribution in [3.63, 3.8) is 0 Å². The van der Waals surface area contributed by atoms with Crippen LogP contribution < -0.4 is 0 Å². The average Bonchev–Trinajstić information content (AvgIpc) is 2.65. The third kappa shape index (κ3) is 2.64. The number of hydrogen-bond donors (Lipinski definition) is 0. The van der Waals surface area contributed by atoms with Crippen LogP contribution in [0.1, 0.15) is 54.4 Å². The molecule has 100 valence electrons. The van der Waals surface area contributed by atoms with E-state index < -0.39 is 0 Å². The van der Waals surface area contributed by atoms with E-state index in [0.29, 0.717) is 6.42 Å². The van der Waals surface area contributed by atoms with Gasteiger partial charge < -0.3 is 4.74 Å². The molecular formula is C14H22N2O2. The molecule has 1 aromatic rings. The Balaban J connectivity index is 2.16. The first-order chi connectivity index (χ1) is 8.63. The molecule has 4 heteroatoms. The van der Waals surface area contributed by atoms with Gasteiger partial charge in [-0.25, -0.2) is 0 Å². The normalized spacial score (nSPS) is 20.1. The molecular weight excluding hydrogens is 228 g/mol. The second-order valence-electron chi connectivity index (χ2n) is 4.99. The van der Waals surface area contributed by atoms with Gasteiger partial charge in [-0.1, -0.05) is 6.92 Å². The Bertz CT molecular complexity index is 431. The van der Waals surface area contributed by atoms with Gasteiger partial charge >= 0.3 is 0 Å². The minimum absolute atomic E-state index is 0.181. The van der Waals surface area contributed by atoms with Crippen LogP contribution in [-0.4, -0.2) is 28.3 Å². The Morgan fingerprint density at radius 3 is 2.83 bits per heavy atom. The molecule has 0 spiro atoms. The molecule has 2 rings (SSSR count). The van der Waals surface area contributed by atoms with E-state index in [1.165, 1.54) is 6.42 Å². The summed E-state index contributed by atoms with van der Waals surface area (Å²) < 4.78 is 7.67. The Morgan fingerprint density at radius 1 is 1.44 bits per heavy atom. The molecule has 1 unspecified atom stereocenters. The van der Waals surface area contributed by atoms with Gasteiger partial charge in [0.25, 0.3) is 0 Å². The van der Waals surface area contributed by atoms with E-state index in [0.717, 1.165) is 42.9 Å². The summed E-state index contributed by atoms with van der Waals surface area (Å²) in [5.74, 6) is 0.181. The Morgan fingerprint density at radius 2 is 2.22 bits per heavy atom. The van der Waals surface area contributed by atoms with Crippen LogP contribution in [0.25, 0.3) is 0 Å². The van der Waals surface area contributed by atoms with Crippen molar-refractivity contribution in [2.24, 2.45) is 0 Å². The number of nitrogens with zero attached hydrogens (tertiary/aromatic N) is 2. The first-order valence-corrected chi connectivity index (χ1v) is 6.82. The first kappa shape index (κ1) is 13.3. The number of aromatic nitrogens is 2. The van der Waals surface area contributed by atoms with Gasteiger partial charge in [-0.05, 0) is 33.1 Å². The van der Waals surface area contributed by atoms with Gasteiger partial charge in [-0.15, -0.1) is 0 Å². The lowest BCUT2D eigenvalue weighted by atomic mass is 10.1. The molecule has 0 N–H and O–H groups in total. The number of ketones is 1. The molecule has 1 fully saturated rings. The van der Waals surface area contributed by atoms with Crippen molar-refractivity contribution in [3.8, 4) is 0 Å². The summed E-state index contributed by atoms with van der Waals surface area (Å²) >= 11 is 0. The number of hydrogen-bond acceptors (Lipinski definition) is 3. The van der Waals surface area contributed by atoms with Crippen molar-refractivity contribution in [2.75, 3.05) is 6.61 Å². The largest absolute Gasteiger partial charge is 0.376 e. The molecule has 0 bridgehead atoms. The van der Waals surface area contributed by atoms with Crippen LogP contribution in [-0.2, 0) is 11.3 Å². The fourth-order valence-corrected chi connectivity index (χ4v) is 2.60. The topological polar surface area (TPSA) is 44.1 Å². The molecule has 1 saturated heterocycles. The second-order valence-corrected chi connectivity index (χ2v) is 4.99. The molecule has 1 aliphatic rings. The molecule has 0 amide bonds. The molecule has 1 aliphatic heterocycles. The molecule has 0 saturated carbocycles. The summed E-state index contributed by atoms with van der Waals surface area (Å²) in [6.45, 7) is 7.40. The van der Waals surface area contributed by atoms with E-state index in [9.17, 15) is 4.79 Å². The van der Waals surface area contributed by atoms with E-state index in [4.69, 9.17) is 4.74 Å². The molecule has 0 aliphatic carbocycles. The predicted octanol–water partition coefficient (Wildman–Crippen LogP) is 2.66. The smallest absolute Gasteiger partial charge is 0.166 e. The van der Waals surface area contributed by atoms with Crippen molar-refractivity contribution >= 4 is 5.78 Å². The van der Waals surface area contributed by atoms with Crippen molar-refractivity contribution < 1.29 is 9.53 Å². The summed E-state index contributed by atoms with van der Waals surface area (Å²) in [4.78, 5) is 11.9. The number of carbonyl (C=O) groups excluding carboxylic acids is 1. The van der Waals surface area contributed by atoms with Crippen molar-refractivity contribution in [2.45, 2.75) is 59.1 Å². The Kier molecular flexibility index (Phi) is 4.17. The van der Waals surface area contributed by atoms with E-state index in [-0.39, 0.29) is 11.9 Å². The third-order valence-electron chi connectivity index (χ3n) is 3.63. The molecule has 1 aromatic heterocycles.